The molecule has 0 bridgehead atoms. The Balaban J connectivity index is 1.72. The Morgan fingerprint density at radius 2 is 1.68 bits per heavy atom. The smallest absolute Gasteiger partial charge is 0.409 e. The van der Waals surface area contributed by atoms with Crippen molar-refractivity contribution in [3.63, 3.8) is 0 Å². The number of carbonyl (C=O) groups excluding carboxylic acids is 2. The molecule has 0 saturated carbocycles. The van der Waals surface area contributed by atoms with Crippen LogP contribution >= 0.6 is 0 Å². The van der Waals surface area contributed by atoms with Gasteiger partial charge in [-0.25, -0.2) is 9.78 Å². The lowest BCUT2D eigenvalue weighted by atomic mass is 10.0. The molecule has 0 radical (unpaired) electrons. The van der Waals surface area contributed by atoms with E-state index >= 15 is 0 Å². The van der Waals surface area contributed by atoms with Gasteiger partial charge < -0.3 is 24.0 Å². The van der Waals surface area contributed by atoms with Crippen molar-refractivity contribution < 1.29 is 23.8 Å². The van der Waals surface area contributed by atoms with Crippen molar-refractivity contribution >= 4 is 22.9 Å². The third-order valence-corrected chi connectivity index (χ3v) is 5.97. The topological polar surface area (TPSA) is 81.2 Å². The van der Waals surface area contributed by atoms with Crippen molar-refractivity contribution in [1.82, 2.24) is 14.8 Å². The SMILES string of the molecule is CCOC(=O)N1CCN(C(=O)c2cc(-c3ccc(OC)cc3OC)nc3ccc(C)cc23)CC1. The second kappa shape index (κ2) is 9.99. The van der Waals surface area contributed by atoms with E-state index in [9.17, 15) is 9.59 Å². The summed E-state index contributed by atoms with van der Waals surface area (Å²) in [7, 11) is 3.20. The summed E-state index contributed by atoms with van der Waals surface area (Å²) < 4.78 is 16.0. The molecule has 0 N–H and O–H groups in total. The van der Waals surface area contributed by atoms with Gasteiger partial charge >= 0.3 is 6.09 Å². The monoisotopic (exact) mass is 463 g/mol. The van der Waals surface area contributed by atoms with E-state index in [0.29, 0.717) is 55.5 Å². The van der Waals surface area contributed by atoms with Crippen molar-refractivity contribution in [2.75, 3.05) is 47.0 Å². The van der Waals surface area contributed by atoms with Gasteiger partial charge in [0, 0.05) is 43.2 Å². The van der Waals surface area contributed by atoms with Crippen LogP contribution in [0.3, 0.4) is 0 Å². The molecule has 1 fully saturated rings. The molecule has 0 aliphatic carbocycles. The van der Waals surface area contributed by atoms with Crippen LogP contribution in [0.5, 0.6) is 11.5 Å². The molecular formula is C26H29N3O5. The maximum Gasteiger partial charge on any atom is 0.409 e. The van der Waals surface area contributed by atoms with Gasteiger partial charge in [-0.05, 0) is 44.2 Å². The van der Waals surface area contributed by atoms with Crippen molar-refractivity contribution in [3.8, 4) is 22.8 Å². The maximum atomic E-state index is 13.7. The Morgan fingerprint density at radius 3 is 2.35 bits per heavy atom. The van der Waals surface area contributed by atoms with Gasteiger partial charge in [-0.2, -0.15) is 0 Å². The summed E-state index contributed by atoms with van der Waals surface area (Å²) in [6.45, 7) is 5.86. The summed E-state index contributed by atoms with van der Waals surface area (Å²) in [6, 6.07) is 13.2. The molecule has 2 heterocycles. The predicted molar refractivity (Wildman–Crippen MR) is 130 cm³/mol. The molecule has 178 valence electrons. The minimum absolute atomic E-state index is 0.0877. The summed E-state index contributed by atoms with van der Waals surface area (Å²) in [6.07, 6.45) is -0.339. The van der Waals surface area contributed by atoms with Crippen molar-refractivity contribution in [3.05, 3.63) is 53.6 Å². The Labute approximate surface area is 199 Å². The van der Waals surface area contributed by atoms with Gasteiger partial charge in [-0.1, -0.05) is 11.6 Å². The molecule has 1 saturated heterocycles. The highest BCUT2D eigenvalue weighted by molar-refractivity contribution is 6.07. The van der Waals surface area contributed by atoms with E-state index in [4.69, 9.17) is 19.2 Å². The Kier molecular flexibility index (Phi) is 6.86. The molecule has 0 spiro atoms. The van der Waals surface area contributed by atoms with Crippen LogP contribution in [0.25, 0.3) is 22.2 Å². The lowest BCUT2D eigenvalue weighted by Crippen LogP contribution is -2.50. The first-order chi connectivity index (χ1) is 16.4. The number of aryl methyl sites for hydroxylation is 1. The van der Waals surface area contributed by atoms with E-state index in [1.807, 2.05) is 43.3 Å². The van der Waals surface area contributed by atoms with Gasteiger partial charge in [0.05, 0.1) is 37.6 Å². The van der Waals surface area contributed by atoms with Crippen LogP contribution in [0.15, 0.2) is 42.5 Å². The van der Waals surface area contributed by atoms with E-state index < -0.39 is 0 Å². The lowest BCUT2D eigenvalue weighted by Gasteiger charge is -2.34. The van der Waals surface area contributed by atoms with Crippen molar-refractivity contribution in [2.45, 2.75) is 13.8 Å². The number of carbonyl (C=O) groups is 2. The van der Waals surface area contributed by atoms with Crippen LogP contribution in [0.2, 0.25) is 0 Å². The average Bonchev–Trinajstić information content (AvgIpc) is 2.87. The summed E-state index contributed by atoms with van der Waals surface area (Å²) in [5, 5.41) is 0.800. The molecular weight excluding hydrogens is 434 g/mol. The third kappa shape index (κ3) is 4.62. The maximum absolute atomic E-state index is 13.7. The summed E-state index contributed by atoms with van der Waals surface area (Å²) in [5.74, 6) is 1.20. The molecule has 2 amide bonds. The van der Waals surface area contributed by atoms with Crippen LogP contribution in [0, 0.1) is 6.92 Å². The molecule has 0 unspecified atom stereocenters. The van der Waals surface area contributed by atoms with Gasteiger partial charge in [0.25, 0.3) is 5.91 Å². The van der Waals surface area contributed by atoms with E-state index in [2.05, 4.69) is 0 Å². The highest BCUT2D eigenvalue weighted by Crippen LogP contribution is 2.35. The van der Waals surface area contributed by atoms with Gasteiger partial charge in [-0.3, -0.25) is 4.79 Å². The Hall–Kier alpha value is -3.81. The van der Waals surface area contributed by atoms with Crippen LogP contribution in [-0.4, -0.2) is 73.8 Å². The molecule has 8 nitrogen and oxygen atoms in total. The van der Waals surface area contributed by atoms with Crippen LogP contribution in [0.1, 0.15) is 22.8 Å². The first kappa shape index (κ1) is 23.4. The second-order valence-corrected chi connectivity index (χ2v) is 8.12. The first-order valence-electron chi connectivity index (χ1n) is 11.3. The normalized spacial score (nSPS) is 13.6. The first-order valence-corrected chi connectivity index (χ1v) is 11.3. The molecule has 3 aromatic rings. The minimum Gasteiger partial charge on any atom is -0.497 e. The predicted octanol–water partition coefficient (Wildman–Crippen LogP) is 4.14. The quantitative estimate of drug-likeness (QED) is 0.566. The number of methoxy groups -OCH3 is 2. The fourth-order valence-electron chi connectivity index (χ4n) is 4.14. The standard InChI is InChI=1S/C26H29N3O5/c1-5-34-26(31)29-12-10-28(11-13-29)25(30)21-16-23(27-22-9-6-17(2)14-20(21)22)19-8-7-18(32-3)15-24(19)33-4/h6-9,14-16H,5,10-13H2,1-4H3. The van der Waals surface area contributed by atoms with Crippen LogP contribution in [0.4, 0.5) is 4.79 Å². The van der Waals surface area contributed by atoms with Crippen LogP contribution in [-0.2, 0) is 4.74 Å². The van der Waals surface area contributed by atoms with Crippen molar-refractivity contribution in [2.24, 2.45) is 0 Å². The van der Waals surface area contributed by atoms with Crippen molar-refractivity contribution in [1.29, 1.82) is 0 Å². The summed E-state index contributed by atoms with van der Waals surface area (Å²) in [4.78, 5) is 34.0. The number of hydrogen-bond acceptors (Lipinski definition) is 6. The number of benzene rings is 2. The Morgan fingerprint density at radius 1 is 0.941 bits per heavy atom. The van der Waals surface area contributed by atoms with E-state index in [1.54, 1.807) is 37.0 Å². The summed E-state index contributed by atoms with van der Waals surface area (Å²) >= 11 is 0. The van der Waals surface area contributed by atoms with Gasteiger partial charge in [0.1, 0.15) is 11.5 Å². The largest absolute Gasteiger partial charge is 0.497 e. The minimum atomic E-state index is -0.339. The fraction of sp³-hybridized carbons (Fsp3) is 0.346. The molecule has 8 heteroatoms. The van der Waals surface area contributed by atoms with Crippen LogP contribution < -0.4 is 9.47 Å². The third-order valence-electron chi connectivity index (χ3n) is 5.97. The average molecular weight is 464 g/mol. The zero-order valence-corrected chi connectivity index (χ0v) is 20.0. The van der Waals surface area contributed by atoms with Gasteiger partial charge in [0.2, 0.25) is 0 Å². The molecule has 2 aromatic carbocycles. The second-order valence-electron chi connectivity index (χ2n) is 8.12. The molecule has 1 aliphatic rings. The number of hydrogen-bond donors (Lipinski definition) is 0. The highest BCUT2D eigenvalue weighted by Gasteiger charge is 2.27. The summed E-state index contributed by atoms with van der Waals surface area (Å²) in [5.41, 5.74) is 3.77. The highest BCUT2D eigenvalue weighted by atomic mass is 16.6. The number of piperazine rings is 1. The van der Waals surface area contributed by atoms with E-state index in [0.717, 1.165) is 22.0 Å². The molecule has 1 aromatic heterocycles. The number of aromatic nitrogens is 1. The zero-order valence-electron chi connectivity index (χ0n) is 20.0. The van der Waals surface area contributed by atoms with Gasteiger partial charge in [-0.15, -0.1) is 0 Å². The van der Waals surface area contributed by atoms with E-state index in [1.165, 1.54) is 0 Å². The lowest BCUT2D eigenvalue weighted by molar-refractivity contribution is 0.0572. The zero-order chi connectivity index (χ0) is 24.2. The number of ether oxygens (including phenoxy) is 3. The number of nitrogens with zero attached hydrogens (tertiary/aromatic N) is 3. The number of amides is 2. The van der Waals surface area contributed by atoms with E-state index in [-0.39, 0.29) is 12.0 Å². The molecule has 0 atom stereocenters. The Bertz CT molecular complexity index is 1220. The number of pyridine rings is 1. The molecule has 1 aliphatic heterocycles. The number of rotatable bonds is 5. The fourth-order valence-corrected chi connectivity index (χ4v) is 4.14. The van der Waals surface area contributed by atoms with Gasteiger partial charge in [0.15, 0.2) is 0 Å². The molecule has 4 rings (SSSR count). The molecule has 34 heavy (non-hydrogen) atoms. The number of fused-ring (bicyclic) bond motifs is 1.